The van der Waals surface area contributed by atoms with Crippen LogP contribution in [-0.2, 0) is 10.2 Å². The van der Waals surface area contributed by atoms with Crippen LogP contribution < -0.4 is 10.1 Å². The van der Waals surface area contributed by atoms with Crippen molar-refractivity contribution in [2.24, 2.45) is 0 Å². The summed E-state index contributed by atoms with van der Waals surface area (Å²) in [5.74, 6) is 0.188. The third kappa shape index (κ3) is 3.20. The molecule has 0 aliphatic heterocycles. The van der Waals surface area contributed by atoms with Crippen molar-refractivity contribution in [3.05, 3.63) is 64.2 Å². The van der Waals surface area contributed by atoms with E-state index in [9.17, 15) is 14.9 Å². The van der Waals surface area contributed by atoms with E-state index in [2.05, 4.69) is 5.32 Å². The molecule has 1 aliphatic rings. The van der Waals surface area contributed by atoms with Gasteiger partial charge in [-0.1, -0.05) is 43.2 Å². The molecule has 0 bridgehead atoms. The molecule has 1 saturated carbocycles. The van der Waals surface area contributed by atoms with E-state index in [1.54, 1.807) is 6.07 Å². The zero-order valence-corrected chi connectivity index (χ0v) is 14.0. The fraction of sp³-hybridized carbons (Fsp3) is 0.316. The number of nitro benzene ring substituents is 1. The van der Waals surface area contributed by atoms with Crippen LogP contribution in [0.15, 0.2) is 48.5 Å². The predicted molar refractivity (Wildman–Crippen MR) is 94.9 cm³/mol. The van der Waals surface area contributed by atoms with Gasteiger partial charge in [-0.3, -0.25) is 14.9 Å². The Labute approximate surface area is 146 Å². The van der Waals surface area contributed by atoms with Crippen molar-refractivity contribution in [2.75, 3.05) is 12.4 Å². The molecule has 0 atom stereocenters. The van der Waals surface area contributed by atoms with E-state index < -0.39 is 10.3 Å². The first-order valence-corrected chi connectivity index (χ1v) is 8.26. The minimum atomic E-state index is -0.630. The molecular weight excluding hydrogens is 320 g/mol. The Morgan fingerprint density at radius 3 is 2.44 bits per heavy atom. The highest BCUT2D eigenvalue weighted by atomic mass is 16.6. The lowest BCUT2D eigenvalue weighted by Crippen LogP contribution is -2.38. The zero-order chi connectivity index (χ0) is 17.9. The monoisotopic (exact) mass is 340 g/mol. The van der Waals surface area contributed by atoms with Gasteiger partial charge in [0.1, 0.15) is 11.4 Å². The SMILES string of the molecule is COc1ccc(NC(=O)C2(c3ccccc3)CCCC2)c([N+](=O)[O-])c1. The molecule has 25 heavy (non-hydrogen) atoms. The normalized spacial score (nSPS) is 15.6. The number of anilines is 1. The maximum Gasteiger partial charge on any atom is 0.296 e. The Hall–Kier alpha value is -2.89. The maximum absolute atomic E-state index is 13.1. The van der Waals surface area contributed by atoms with Gasteiger partial charge in [0.25, 0.3) is 5.69 Å². The quantitative estimate of drug-likeness (QED) is 0.657. The summed E-state index contributed by atoms with van der Waals surface area (Å²) in [7, 11) is 1.44. The van der Waals surface area contributed by atoms with Gasteiger partial charge in [0.05, 0.1) is 23.5 Å². The standard InChI is InChI=1S/C19H20N2O4/c1-25-15-9-10-16(17(13-15)21(23)24)20-18(22)19(11-5-6-12-19)14-7-3-2-4-8-14/h2-4,7-10,13H,5-6,11-12H2,1H3,(H,20,22). The number of benzene rings is 2. The molecule has 0 spiro atoms. The highest BCUT2D eigenvalue weighted by Gasteiger charge is 2.43. The number of rotatable bonds is 5. The molecule has 0 radical (unpaired) electrons. The van der Waals surface area contributed by atoms with E-state index in [4.69, 9.17) is 4.74 Å². The highest BCUT2D eigenvalue weighted by Crippen LogP contribution is 2.42. The second-order valence-corrected chi connectivity index (χ2v) is 6.25. The van der Waals surface area contributed by atoms with Gasteiger partial charge < -0.3 is 10.1 Å². The van der Waals surface area contributed by atoms with Gasteiger partial charge in [-0.15, -0.1) is 0 Å². The summed E-state index contributed by atoms with van der Waals surface area (Å²) in [6.07, 6.45) is 3.42. The Morgan fingerprint density at radius 1 is 1.16 bits per heavy atom. The van der Waals surface area contributed by atoms with Crippen molar-refractivity contribution in [1.82, 2.24) is 0 Å². The molecule has 130 valence electrons. The summed E-state index contributed by atoms with van der Waals surface area (Å²) in [6, 6.07) is 14.1. The molecule has 6 heteroatoms. The number of nitrogens with one attached hydrogen (secondary N) is 1. The van der Waals surface area contributed by atoms with Crippen molar-refractivity contribution in [3.63, 3.8) is 0 Å². The van der Waals surface area contributed by atoms with E-state index >= 15 is 0 Å². The van der Waals surface area contributed by atoms with Gasteiger partial charge in [-0.25, -0.2) is 0 Å². The largest absolute Gasteiger partial charge is 0.496 e. The molecule has 2 aromatic carbocycles. The van der Waals surface area contributed by atoms with Crippen molar-refractivity contribution in [1.29, 1.82) is 0 Å². The molecule has 1 aliphatic carbocycles. The van der Waals surface area contributed by atoms with Crippen LogP contribution >= 0.6 is 0 Å². The van der Waals surface area contributed by atoms with Crippen molar-refractivity contribution < 1.29 is 14.5 Å². The van der Waals surface area contributed by atoms with E-state index in [0.29, 0.717) is 5.75 Å². The summed E-state index contributed by atoms with van der Waals surface area (Å²) in [5.41, 5.74) is 0.350. The average molecular weight is 340 g/mol. The second kappa shape index (κ2) is 6.93. The predicted octanol–water partition coefficient (Wildman–Crippen LogP) is 4.05. The van der Waals surface area contributed by atoms with Crippen LogP contribution in [0.1, 0.15) is 31.2 Å². The molecule has 0 heterocycles. The first kappa shape index (κ1) is 17.0. The van der Waals surface area contributed by atoms with Crippen LogP contribution in [0.2, 0.25) is 0 Å². The van der Waals surface area contributed by atoms with E-state index in [-0.39, 0.29) is 17.3 Å². The number of nitro groups is 1. The smallest absolute Gasteiger partial charge is 0.296 e. The van der Waals surface area contributed by atoms with Crippen molar-refractivity contribution in [2.45, 2.75) is 31.1 Å². The Balaban J connectivity index is 1.94. The lowest BCUT2D eigenvalue weighted by molar-refractivity contribution is -0.384. The average Bonchev–Trinajstić information content (AvgIpc) is 3.14. The lowest BCUT2D eigenvalue weighted by Gasteiger charge is -2.28. The topological polar surface area (TPSA) is 81.5 Å². The number of hydrogen-bond donors (Lipinski definition) is 1. The fourth-order valence-electron chi connectivity index (χ4n) is 3.52. The van der Waals surface area contributed by atoms with Crippen molar-refractivity contribution >= 4 is 17.3 Å². The van der Waals surface area contributed by atoms with Gasteiger partial charge in [0, 0.05) is 0 Å². The Bertz CT molecular complexity index is 783. The van der Waals surface area contributed by atoms with Gasteiger partial charge >= 0.3 is 0 Å². The van der Waals surface area contributed by atoms with E-state index in [1.165, 1.54) is 19.2 Å². The molecule has 0 saturated heterocycles. The van der Waals surface area contributed by atoms with Crippen LogP contribution in [-0.4, -0.2) is 17.9 Å². The fourth-order valence-corrected chi connectivity index (χ4v) is 3.52. The Morgan fingerprint density at radius 2 is 1.84 bits per heavy atom. The summed E-state index contributed by atoms with van der Waals surface area (Å²) < 4.78 is 5.04. The molecular formula is C19H20N2O4. The molecule has 1 fully saturated rings. The van der Waals surface area contributed by atoms with Gasteiger partial charge in [0.15, 0.2) is 0 Å². The molecule has 2 aromatic rings. The number of ether oxygens (including phenoxy) is 1. The summed E-state index contributed by atoms with van der Waals surface area (Å²) in [4.78, 5) is 23.9. The van der Waals surface area contributed by atoms with Gasteiger partial charge in [-0.2, -0.15) is 0 Å². The summed E-state index contributed by atoms with van der Waals surface area (Å²) >= 11 is 0. The van der Waals surface area contributed by atoms with Gasteiger partial charge in [0.2, 0.25) is 5.91 Å². The third-order valence-electron chi connectivity index (χ3n) is 4.87. The number of nitrogens with zero attached hydrogens (tertiary/aromatic N) is 1. The number of amides is 1. The summed E-state index contributed by atoms with van der Waals surface area (Å²) in [6.45, 7) is 0. The number of carbonyl (C=O) groups excluding carboxylic acids is 1. The van der Waals surface area contributed by atoms with Gasteiger partial charge in [-0.05, 0) is 30.5 Å². The number of carbonyl (C=O) groups is 1. The number of methoxy groups -OCH3 is 1. The summed E-state index contributed by atoms with van der Waals surface area (Å²) in [5, 5.41) is 14.1. The molecule has 1 amide bonds. The molecule has 6 nitrogen and oxygen atoms in total. The van der Waals surface area contributed by atoms with Crippen LogP contribution in [0.3, 0.4) is 0 Å². The van der Waals surface area contributed by atoms with E-state index in [1.807, 2.05) is 30.3 Å². The van der Waals surface area contributed by atoms with Crippen LogP contribution in [0.4, 0.5) is 11.4 Å². The Kier molecular flexibility index (Phi) is 4.70. The molecule has 1 N–H and O–H groups in total. The first-order valence-electron chi connectivity index (χ1n) is 8.26. The van der Waals surface area contributed by atoms with E-state index in [0.717, 1.165) is 31.2 Å². The lowest BCUT2D eigenvalue weighted by atomic mass is 9.78. The zero-order valence-electron chi connectivity index (χ0n) is 14.0. The van der Waals surface area contributed by atoms with Crippen LogP contribution in [0, 0.1) is 10.1 Å². The molecule has 0 unspecified atom stereocenters. The molecule has 0 aromatic heterocycles. The maximum atomic E-state index is 13.1. The van der Waals surface area contributed by atoms with Crippen LogP contribution in [0.5, 0.6) is 5.75 Å². The number of hydrogen-bond acceptors (Lipinski definition) is 4. The highest BCUT2D eigenvalue weighted by molar-refractivity contribution is 6.01. The van der Waals surface area contributed by atoms with Crippen LogP contribution in [0.25, 0.3) is 0 Å². The first-order chi connectivity index (χ1) is 12.1. The molecule has 3 rings (SSSR count). The minimum Gasteiger partial charge on any atom is -0.496 e. The third-order valence-corrected chi connectivity index (χ3v) is 4.87. The minimum absolute atomic E-state index is 0.172. The second-order valence-electron chi connectivity index (χ2n) is 6.25. The van der Waals surface area contributed by atoms with Crippen molar-refractivity contribution in [3.8, 4) is 5.75 Å².